The predicted molar refractivity (Wildman–Crippen MR) is 61.1 cm³/mol. The zero-order valence-corrected chi connectivity index (χ0v) is 10.2. The monoisotopic (exact) mass is 230 g/mol. The summed E-state index contributed by atoms with van der Waals surface area (Å²) >= 11 is 0. The third-order valence-electron chi connectivity index (χ3n) is 2.42. The van der Waals surface area contributed by atoms with E-state index in [1.807, 2.05) is 13.8 Å². The third kappa shape index (κ3) is 8.26. The van der Waals surface area contributed by atoms with Crippen molar-refractivity contribution in [3.63, 3.8) is 0 Å². The van der Waals surface area contributed by atoms with Gasteiger partial charge in [0, 0.05) is 6.42 Å². The van der Waals surface area contributed by atoms with Crippen molar-refractivity contribution in [1.29, 1.82) is 0 Å². The molecule has 4 nitrogen and oxygen atoms in total. The number of carbonyl (C=O) groups excluding carboxylic acids is 1. The number of ether oxygens (including phenoxy) is 1. The molecule has 0 rings (SSSR count). The molecule has 0 aromatic rings. The Kier molecular flexibility index (Phi) is 8.58. The molecule has 0 radical (unpaired) electrons. The van der Waals surface area contributed by atoms with E-state index in [9.17, 15) is 9.59 Å². The van der Waals surface area contributed by atoms with Crippen LogP contribution in [0.5, 0.6) is 0 Å². The SMILES string of the molecule is CCCCOC(=O)C(C)CCCCC(=O)O. The summed E-state index contributed by atoms with van der Waals surface area (Å²) < 4.78 is 5.07. The summed E-state index contributed by atoms with van der Waals surface area (Å²) in [5, 5.41) is 8.44. The molecular weight excluding hydrogens is 208 g/mol. The standard InChI is InChI=1S/C12H22O4/c1-3-4-9-16-12(15)10(2)7-5-6-8-11(13)14/h10H,3-9H2,1-2H3,(H,13,14). The maximum Gasteiger partial charge on any atom is 0.308 e. The van der Waals surface area contributed by atoms with Crippen molar-refractivity contribution in [1.82, 2.24) is 0 Å². The molecule has 16 heavy (non-hydrogen) atoms. The normalized spacial score (nSPS) is 12.1. The van der Waals surface area contributed by atoms with E-state index in [2.05, 4.69) is 0 Å². The van der Waals surface area contributed by atoms with Gasteiger partial charge in [-0.3, -0.25) is 9.59 Å². The first-order valence-corrected chi connectivity index (χ1v) is 5.96. The van der Waals surface area contributed by atoms with Gasteiger partial charge in [-0.1, -0.05) is 26.7 Å². The molecule has 0 amide bonds. The highest BCUT2D eigenvalue weighted by molar-refractivity contribution is 5.71. The van der Waals surface area contributed by atoms with Crippen molar-refractivity contribution in [3.8, 4) is 0 Å². The highest BCUT2D eigenvalue weighted by atomic mass is 16.5. The molecule has 0 saturated carbocycles. The summed E-state index contributed by atoms with van der Waals surface area (Å²) in [7, 11) is 0. The highest BCUT2D eigenvalue weighted by Crippen LogP contribution is 2.11. The van der Waals surface area contributed by atoms with Gasteiger partial charge in [-0.15, -0.1) is 0 Å². The van der Waals surface area contributed by atoms with Crippen LogP contribution in [0, 0.1) is 5.92 Å². The van der Waals surface area contributed by atoms with Crippen LogP contribution in [0.3, 0.4) is 0 Å². The van der Waals surface area contributed by atoms with Gasteiger partial charge in [-0.05, 0) is 19.3 Å². The number of unbranched alkanes of at least 4 members (excludes halogenated alkanes) is 2. The highest BCUT2D eigenvalue weighted by Gasteiger charge is 2.13. The molecule has 0 heterocycles. The molecule has 1 unspecified atom stereocenters. The van der Waals surface area contributed by atoms with Gasteiger partial charge in [0.2, 0.25) is 0 Å². The van der Waals surface area contributed by atoms with E-state index in [1.165, 1.54) is 0 Å². The number of hydrogen-bond donors (Lipinski definition) is 1. The third-order valence-corrected chi connectivity index (χ3v) is 2.42. The fourth-order valence-corrected chi connectivity index (χ4v) is 1.30. The minimum absolute atomic E-state index is 0.120. The van der Waals surface area contributed by atoms with Gasteiger partial charge in [0.05, 0.1) is 12.5 Å². The molecule has 1 atom stereocenters. The summed E-state index contributed by atoms with van der Waals surface area (Å²) in [6.07, 6.45) is 4.19. The van der Waals surface area contributed by atoms with E-state index in [0.29, 0.717) is 19.4 Å². The molecule has 0 aliphatic rings. The molecule has 4 heteroatoms. The molecule has 0 aromatic carbocycles. The molecule has 0 aromatic heterocycles. The van der Waals surface area contributed by atoms with Gasteiger partial charge in [-0.2, -0.15) is 0 Å². The Labute approximate surface area is 97.0 Å². The van der Waals surface area contributed by atoms with Crippen molar-refractivity contribution in [2.24, 2.45) is 5.92 Å². The van der Waals surface area contributed by atoms with E-state index in [1.54, 1.807) is 0 Å². The second kappa shape index (κ2) is 9.19. The van der Waals surface area contributed by atoms with Crippen LogP contribution in [0.2, 0.25) is 0 Å². The first-order valence-electron chi connectivity index (χ1n) is 5.96. The van der Waals surface area contributed by atoms with Crippen LogP contribution in [0.15, 0.2) is 0 Å². The number of carboxylic acid groups (broad SMARTS) is 1. The van der Waals surface area contributed by atoms with E-state index in [4.69, 9.17) is 9.84 Å². The van der Waals surface area contributed by atoms with Gasteiger partial charge in [-0.25, -0.2) is 0 Å². The molecular formula is C12H22O4. The summed E-state index contributed by atoms with van der Waals surface area (Å²) in [6, 6.07) is 0. The lowest BCUT2D eigenvalue weighted by molar-refractivity contribution is -0.148. The van der Waals surface area contributed by atoms with E-state index >= 15 is 0 Å². The zero-order valence-electron chi connectivity index (χ0n) is 10.2. The maximum absolute atomic E-state index is 11.4. The van der Waals surface area contributed by atoms with Crippen LogP contribution < -0.4 is 0 Å². The average molecular weight is 230 g/mol. The van der Waals surface area contributed by atoms with Crippen LogP contribution in [0.25, 0.3) is 0 Å². The van der Waals surface area contributed by atoms with E-state index in [-0.39, 0.29) is 18.3 Å². The van der Waals surface area contributed by atoms with Crippen LogP contribution in [-0.4, -0.2) is 23.7 Å². The minimum atomic E-state index is -0.779. The molecule has 0 saturated heterocycles. The average Bonchev–Trinajstić information content (AvgIpc) is 2.24. The molecule has 94 valence electrons. The van der Waals surface area contributed by atoms with Gasteiger partial charge < -0.3 is 9.84 Å². The van der Waals surface area contributed by atoms with Crippen molar-refractivity contribution in [3.05, 3.63) is 0 Å². The number of rotatable bonds is 9. The Morgan fingerprint density at radius 1 is 1.25 bits per heavy atom. The Balaban J connectivity index is 3.51. The molecule has 0 aliphatic carbocycles. The summed E-state index contributed by atoms with van der Waals surface area (Å²) in [6.45, 7) is 4.37. The Morgan fingerprint density at radius 2 is 1.94 bits per heavy atom. The smallest absolute Gasteiger partial charge is 0.308 e. The zero-order chi connectivity index (χ0) is 12.4. The Hall–Kier alpha value is -1.06. The number of carboxylic acids is 1. The molecule has 0 fully saturated rings. The fourth-order valence-electron chi connectivity index (χ4n) is 1.30. The van der Waals surface area contributed by atoms with Gasteiger partial charge >= 0.3 is 11.9 Å². The maximum atomic E-state index is 11.4. The number of aliphatic carboxylic acids is 1. The number of esters is 1. The Morgan fingerprint density at radius 3 is 2.50 bits per heavy atom. The van der Waals surface area contributed by atoms with Crippen LogP contribution in [-0.2, 0) is 14.3 Å². The Bertz CT molecular complexity index is 213. The quantitative estimate of drug-likeness (QED) is 0.488. The second-order valence-corrected chi connectivity index (χ2v) is 4.06. The van der Waals surface area contributed by atoms with Gasteiger partial charge in [0.1, 0.15) is 0 Å². The number of hydrogen-bond acceptors (Lipinski definition) is 3. The second-order valence-electron chi connectivity index (χ2n) is 4.06. The van der Waals surface area contributed by atoms with Crippen molar-refractivity contribution in [2.45, 2.75) is 52.4 Å². The summed E-state index contributed by atoms with van der Waals surface area (Å²) in [5.74, 6) is -1.06. The molecule has 1 N–H and O–H groups in total. The minimum Gasteiger partial charge on any atom is -0.481 e. The summed E-state index contributed by atoms with van der Waals surface area (Å²) in [5.41, 5.74) is 0. The molecule has 0 aliphatic heterocycles. The number of carbonyl (C=O) groups is 2. The predicted octanol–water partition coefficient (Wildman–Crippen LogP) is 2.61. The topological polar surface area (TPSA) is 63.6 Å². The van der Waals surface area contributed by atoms with Crippen molar-refractivity contribution < 1.29 is 19.4 Å². The lowest BCUT2D eigenvalue weighted by Gasteiger charge is -2.10. The first kappa shape index (κ1) is 14.9. The van der Waals surface area contributed by atoms with Crippen LogP contribution in [0.4, 0.5) is 0 Å². The fraction of sp³-hybridized carbons (Fsp3) is 0.833. The molecule has 0 spiro atoms. The van der Waals surface area contributed by atoms with Gasteiger partial charge in [0.15, 0.2) is 0 Å². The van der Waals surface area contributed by atoms with Gasteiger partial charge in [0.25, 0.3) is 0 Å². The lowest BCUT2D eigenvalue weighted by atomic mass is 10.0. The van der Waals surface area contributed by atoms with E-state index < -0.39 is 5.97 Å². The lowest BCUT2D eigenvalue weighted by Crippen LogP contribution is -2.15. The van der Waals surface area contributed by atoms with Crippen LogP contribution >= 0.6 is 0 Å². The summed E-state index contributed by atoms with van der Waals surface area (Å²) in [4.78, 5) is 21.7. The van der Waals surface area contributed by atoms with Crippen molar-refractivity contribution in [2.75, 3.05) is 6.61 Å². The molecule has 0 bridgehead atoms. The van der Waals surface area contributed by atoms with Crippen molar-refractivity contribution >= 4 is 11.9 Å². The van der Waals surface area contributed by atoms with E-state index in [0.717, 1.165) is 19.3 Å². The largest absolute Gasteiger partial charge is 0.481 e. The first-order chi connectivity index (χ1) is 7.57. The van der Waals surface area contributed by atoms with Crippen LogP contribution in [0.1, 0.15) is 52.4 Å².